The van der Waals surface area contributed by atoms with Gasteiger partial charge in [-0.1, -0.05) is 25.1 Å². The minimum absolute atomic E-state index is 0.0331. The standard InChI is InChI=1S/C23H29N3O4/c1-5-13-30-23-18(7-6-8-20(23)29-4)15-24-26-22(28)12-11-21(27)25-19-14-16(2)9-10-17(19)3/h6-10,14-15H,5,11-13H2,1-4H3,(H,25,27)(H,26,28). The smallest absolute Gasteiger partial charge is 0.240 e. The second-order valence-electron chi connectivity index (χ2n) is 6.89. The van der Waals surface area contributed by atoms with Gasteiger partial charge in [0, 0.05) is 24.1 Å². The first-order chi connectivity index (χ1) is 14.4. The number of carbonyl (C=O) groups is 2. The molecule has 7 heteroatoms. The third-order valence-electron chi connectivity index (χ3n) is 4.32. The van der Waals surface area contributed by atoms with Gasteiger partial charge in [0.25, 0.3) is 0 Å². The van der Waals surface area contributed by atoms with E-state index in [0.717, 1.165) is 23.2 Å². The Kier molecular flexibility index (Phi) is 8.87. The fourth-order valence-electron chi connectivity index (χ4n) is 2.69. The molecule has 2 amide bonds. The van der Waals surface area contributed by atoms with E-state index in [2.05, 4.69) is 15.8 Å². The number of ether oxygens (including phenoxy) is 2. The van der Waals surface area contributed by atoms with Gasteiger partial charge in [-0.3, -0.25) is 9.59 Å². The molecule has 0 aliphatic heterocycles. The Bertz CT molecular complexity index is 909. The molecule has 0 spiro atoms. The molecule has 0 atom stereocenters. The van der Waals surface area contributed by atoms with E-state index in [-0.39, 0.29) is 24.7 Å². The van der Waals surface area contributed by atoms with Gasteiger partial charge in [-0.25, -0.2) is 5.43 Å². The Morgan fingerprint density at radius 3 is 2.60 bits per heavy atom. The van der Waals surface area contributed by atoms with Crippen LogP contribution in [0.2, 0.25) is 0 Å². The molecule has 160 valence electrons. The first-order valence-electron chi connectivity index (χ1n) is 9.93. The summed E-state index contributed by atoms with van der Waals surface area (Å²) in [4.78, 5) is 24.2. The quantitative estimate of drug-likeness (QED) is 0.457. The first-order valence-corrected chi connectivity index (χ1v) is 9.93. The minimum atomic E-state index is -0.346. The maximum Gasteiger partial charge on any atom is 0.240 e. The molecule has 0 saturated carbocycles. The van der Waals surface area contributed by atoms with Crippen molar-refractivity contribution in [2.45, 2.75) is 40.0 Å². The van der Waals surface area contributed by atoms with E-state index in [9.17, 15) is 9.59 Å². The van der Waals surface area contributed by atoms with Crippen LogP contribution in [0.25, 0.3) is 0 Å². The molecule has 2 aromatic carbocycles. The third-order valence-corrected chi connectivity index (χ3v) is 4.32. The lowest BCUT2D eigenvalue weighted by Crippen LogP contribution is -2.21. The minimum Gasteiger partial charge on any atom is -0.493 e. The van der Waals surface area contributed by atoms with Crippen LogP contribution in [0.4, 0.5) is 5.69 Å². The Balaban J connectivity index is 1.88. The zero-order valence-electron chi connectivity index (χ0n) is 18.0. The van der Waals surface area contributed by atoms with Gasteiger partial charge < -0.3 is 14.8 Å². The normalized spacial score (nSPS) is 10.7. The number of anilines is 1. The summed E-state index contributed by atoms with van der Waals surface area (Å²) in [6.45, 7) is 6.44. The number of nitrogens with one attached hydrogen (secondary N) is 2. The molecule has 2 rings (SSSR count). The molecule has 0 fully saturated rings. The number of hydrazone groups is 1. The number of aryl methyl sites for hydroxylation is 2. The van der Waals surface area contributed by atoms with Gasteiger partial charge in [0.05, 0.1) is 19.9 Å². The van der Waals surface area contributed by atoms with Crippen molar-refractivity contribution in [3.8, 4) is 11.5 Å². The molecule has 0 aliphatic rings. The lowest BCUT2D eigenvalue weighted by Gasteiger charge is -2.12. The van der Waals surface area contributed by atoms with Crippen molar-refractivity contribution in [1.82, 2.24) is 5.43 Å². The predicted octanol–water partition coefficient (Wildman–Crippen LogP) is 3.97. The molecular formula is C23H29N3O4. The summed E-state index contributed by atoms with van der Waals surface area (Å²) >= 11 is 0. The Morgan fingerprint density at radius 2 is 1.87 bits per heavy atom. The zero-order chi connectivity index (χ0) is 21.9. The molecule has 0 radical (unpaired) electrons. The number of methoxy groups -OCH3 is 1. The SMILES string of the molecule is CCCOc1c(C=NNC(=O)CCC(=O)Nc2cc(C)ccc2C)cccc1OC. The molecule has 30 heavy (non-hydrogen) atoms. The second kappa shape index (κ2) is 11.6. The summed E-state index contributed by atoms with van der Waals surface area (Å²) in [5.41, 5.74) is 5.93. The van der Waals surface area contributed by atoms with Gasteiger partial charge in [-0.05, 0) is 49.6 Å². The molecule has 0 heterocycles. The summed E-state index contributed by atoms with van der Waals surface area (Å²) in [6.07, 6.45) is 2.46. The molecule has 0 aliphatic carbocycles. The number of nitrogens with zero attached hydrogens (tertiary/aromatic N) is 1. The van der Waals surface area contributed by atoms with Crippen molar-refractivity contribution in [3.05, 3.63) is 53.1 Å². The number of para-hydroxylation sites is 1. The van der Waals surface area contributed by atoms with E-state index in [1.165, 1.54) is 6.21 Å². The molecule has 0 saturated heterocycles. The van der Waals surface area contributed by atoms with Crippen LogP contribution in [-0.4, -0.2) is 31.7 Å². The van der Waals surface area contributed by atoms with Gasteiger partial charge in [0.1, 0.15) is 0 Å². The average Bonchev–Trinajstić information content (AvgIpc) is 2.73. The summed E-state index contributed by atoms with van der Waals surface area (Å²) in [6, 6.07) is 11.3. The van der Waals surface area contributed by atoms with E-state index in [0.29, 0.717) is 23.7 Å². The van der Waals surface area contributed by atoms with Crippen molar-refractivity contribution in [2.24, 2.45) is 5.10 Å². The number of amides is 2. The van der Waals surface area contributed by atoms with Crippen LogP contribution < -0.4 is 20.2 Å². The van der Waals surface area contributed by atoms with Crippen LogP contribution in [0.1, 0.15) is 42.9 Å². The summed E-state index contributed by atoms with van der Waals surface area (Å²) < 4.78 is 11.1. The third kappa shape index (κ3) is 6.92. The van der Waals surface area contributed by atoms with Crippen molar-refractivity contribution < 1.29 is 19.1 Å². The lowest BCUT2D eigenvalue weighted by molar-refractivity contribution is -0.124. The highest BCUT2D eigenvalue weighted by Crippen LogP contribution is 2.30. The molecule has 0 unspecified atom stereocenters. The van der Waals surface area contributed by atoms with Crippen LogP contribution >= 0.6 is 0 Å². The highest BCUT2D eigenvalue weighted by molar-refractivity contribution is 5.94. The van der Waals surface area contributed by atoms with E-state index in [1.807, 2.05) is 51.1 Å². The van der Waals surface area contributed by atoms with Crippen molar-refractivity contribution in [1.29, 1.82) is 0 Å². The van der Waals surface area contributed by atoms with Gasteiger partial charge in [0.15, 0.2) is 11.5 Å². The van der Waals surface area contributed by atoms with Gasteiger partial charge in [0.2, 0.25) is 11.8 Å². The lowest BCUT2D eigenvalue weighted by atomic mass is 10.1. The maximum atomic E-state index is 12.1. The summed E-state index contributed by atoms with van der Waals surface area (Å²) in [5, 5.41) is 6.82. The molecule has 2 N–H and O–H groups in total. The number of carbonyl (C=O) groups excluding carboxylic acids is 2. The monoisotopic (exact) mass is 411 g/mol. The van der Waals surface area contributed by atoms with Gasteiger partial charge in [-0.15, -0.1) is 0 Å². The van der Waals surface area contributed by atoms with E-state index in [4.69, 9.17) is 9.47 Å². The average molecular weight is 412 g/mol. The largest absolute Gasteiger partial charge is 0.493 e. The maximum absolute atomic E-state index is 12.1. The van der Waals surface area contributed by atoms with E-state index < -0.39 is 0 Å². The number of hydrogen-bond donors (Lipinski definition) is 2. The van der Waals surface area contributed by atoms with Crippen molar-refractivity contribution >= 4 is 23.7 Å². The fourth-order valence-corrected chi connectivity index (χ4v) is 2.69. The Hall–Kier alpha value is -3.35. The fraction of sp³-hybridized carbons (Fsp3) is 0.348. The molecule has 0 bridgehead atoms. The number of benzene rings is 2. The summed E-state index contributed by atoms with van der Waals surface area (Å²) in [5.74, 6) is 0.613. The Labute approximate surface area is 177 Å². The topological polar surface area (TPSA) is 89.0 Å². The number of rotatable bonds is 10. The number of hydrogen-bond acceptors (Lipinski definition) is 5. The highest BCUT2D eigenvalue weighted by atomic mass is 16.5. The molecule has 7 nitrogen and oxygen atoms in total. The van der Waals surface area contributed by atoms with Crippen molar-refractivity contribution in [3.63, 3.8) is 0 Å². The van der Waals surface area contributed by atoms with Crippen LogP contribution in [0.3, 0.4) is 0 Å². The summed E-state index contributed by atoms with van der Waals surface area (Å²) in [7, 11) is 1.57. The molecular weight excluding hydrogens is 382 g/mol. The Morgan fingerprint density at radius 1 is 1.10 bits per heavy atom. The predicted molar refractivity (Wildman–Crippen MR) is 118 cm³/mol. The molecule has 0 aromatic heterocycles. The van der Waals surface area contributed by atoms with E-state index >= 15 is 0 Å². The first kappa shape index (κ1) is 22.9. The van der Waals surface area contributed by atoms with Crippen LogP contribution in [-0.2, 0) is 9.59 Å². The molecule has 2 aromatic rings. The van der Waals surface area contributed by atoms with Crippen LogP contribution in [0.15, 0.2) is 41.5 Å². The van der Waals surface area contributed by atoms with Crippen LogP contribution in [0.5, 0.6) is 11.5 Å². The highest BCUT2D eigenvalue weighted by Gasteiger charge is 2.10. The van der Waals surface area contributed by atoms with Crippen molar-refractivity contribution in [2.75, 3.05) is 19.0 Å². The van der Waals surface area contributed by atoms with E-state index in [1.54, 1.807) is 13.2 Å². The van der Waals surface area contributed by atoms with Crippen LogP contribution in [0, 0.1) is 13.8 Å². The second-order valence-corrected chi connectivity index (χ2v) is 6.89. The van der Waals surface area contributed by atoms with Gasteiger partial charge in [-0.2, -0.15) is 5.10 Å². The van der Waals surface area contributed by atoms with Gasteiger partial charge >= 0.3 is 0 Å². The zero-order valence-corrected chi connectivity index (χ0v) is 18.0.